The normalized spacial score (nSPS) is 15.2. The summed E-state index contributed by atoms with van der Waals surface area (Å²) in [5.74, 6) is 0.918. The van der Waals surface area contributed by atoms with Crippen LogP contribution in [0.25, 0.3) is 0 Å². The molecule has 1 aromatic rings. The average Bonchev–Trinajstić information content (AvgIpc) is 2.20. The molecule has 0 bridgehead atoms. The topological polar surface area (TPSA) is 0 Å². The summed E-state index contributed by atoms with van der Waals surface area (Å²) >= 11 is 3.47. The number of rotatable bonds is 3. The molecule has 0 heterocycles. The quantitative estimate of drug-likeness (QED) is 0.711. The average molecular weight is 259 g/mol. The van der Waals surface area contributed by atoms with Crippen LogP contribution in [-0.4, -0.2) is 5.33 Å². The monoisotopic (exact) mass is 258 g/mol. The van der Waals surface area contributed by atoms with Gasteiger partial charge in [-0.25, -0.2) is 4.39 Å². The fourth-order valence-corrected chi connectivity index (χ4v) is 1.97. The van der Waals surface area contributed by atoms with Crippen LogP contribution in [0.4, 0.5) is 4.39 Å². The molecule has 0 radical (unpaired) electrons. The summed E-state index contributed by atoms with van der Waals surface area (Å²) < 4.78 is 13.0. The van der Waals surface area contributed by atoms with Gasteiger partial charge < -0.3 is 0 Å². The highest BCUT2D eigenvalue weighted by atomic mass is 79.9. The van der Waals surface area contributed by atoms with Crippen molar-refractivity contribution in [2.75, 3.05) is 5.33 Å². The molecule has 2 heteroatoms. The van der Waals surface area contributed by atoms with E-state index in [4.69, 9.17) is 0 Å². The minimum Gasteiger partial charge on any atom is -0.207 e. The van der Waals surface area contributed by atoms with Crippen LogP contribution in [0.1, 0.15) is 30.9 Å². The molecule has 0 fully saturated rings. The van der Waals surface area contributed by atoms with E-state index in [-0.39, 0.29) is 5.82 Å². The summed E-state index contributed by atoms with van der Waals surface area (Å²) in [6.45, 7) is 6.18. The van der Waals surface area contributed by atoms with Gasteiger partial charge in [0.15, 0.2) is 0 Å². The van der Waals surface area contributed by atoms with E-state index < -0.39 is 0 Å². The second kappa shape index (κ2) is 4.92. The van der Waals surface area contributed by atoms with Crippen molar-refractivity contribution in [3.63, 3.8) is 0 Å². The Morgan fingerprint density at radius 3 is 2.50 bits per heavy atom. The third-order valence-electron chi connectivity index (χ3n) is 2.80. The molecule has 14 heavy (non-hydrogen) atoms. The van der Waals surface area contributed by atoms with Crippen LogP contribution in [0.2, 0.25) is 0 Å². The van der Waals surface area contributed by atoms with Gasteiger partial charge in [0.1, 0.15) is 5.82 Å². The summed E-state index contributed by atoms with van der Waals surface area (Å²) in [6.07, 6.45) is 0. The van der Waals surface area contributed by atoms with E-state index >= 15 is 0 Å². The van der Waals surface area contributed by atoms with Gasteiger partial charge in [0.25, 0.3) is 0 Å². The predicted molar refractivity (Wildman–Crippen MR) is 62.5 cm³/mol. The summed E-state index contributed by atoms with van der Waals surface area (Å²) in [5.41, 5.74) is 1.95. The van der Waals surface area contributed by atoms with E-state index in [2.05, 4.69) is 29.8 Å². The minimum atomic E-state index is -0.118. The fraction of sp³-hybridized carbons (Fsp3) is 0.500. The van der Waals surface area contributed by atoms with E-state index in [1.807, 2.05) is 19.1 Å². The van der Waals surface area contributed by atoms with Gasteiger partial charge >= 0.3 is 0 Å². The zero-order valence-electron chi connectivity index (χ0n) is 8.85. The maximum absolute atomic E-state index is 13.0. The lowest BCUT2D eigenvalue weighted by atomic mass is 9.89. The molecule has 1 rings (SSSR count). The molecule has 0 N–H and O–H groups in total. The summed E-state index contributed by atoms with van der Waals surface area (Å²) in [4.78, 5) is 0. The van der Waals surface area contributed by atoms with Crippen molar-refractivity contribution in [2.24, 2.45) is 5.92 Å². The first kappa shape index (κ1) is 11.7. The first-order valence-electron chi connectivity index (χ1n) is 4.88. The molecule has 78 valence electrons. The summed E-state index contributed by atoms with van der Waals surface area (Å²) in [5, 5.41) is 0.977. The molecule has 0 amide bonds. The first-order valence-corrected chi connectivity index (χ1v) is 6.00. The van der Waals surface area contributed by atoms with E-state index in [9.17, 15) is 4.39 Å². The molecule has 1 aromatic carbocycles. The van der Waals surface area contributed by atoms with Crippen LogP contribution in [0.15, 0.2) is 18.2 Å². The van der Waals surface area contributed by atoms with Gasteiger partial charge in [-0.3, -0.25) is 0 Å². The Balaban J connectivity index is 2.91. The van der Waals surface area contributed by atoms with E-state index in [1.54, 1.807) is 6.07 Å². The number of alkyl halides is 1. The number of benzene rings is 1. The molecule has 0 saturated carbocycles. The number of hydrogen-bond donors (Lipinski definition) is 0. The van der Waals surface area contributed by atoms with Crippen LogP contribution in [-0.2, 0) is 0 Å². The zero-order chi connectivity index (χ0) is 10.7. The van der Waals surface area contributed by atoms with Gasteiger partial charge in [-0.1, -0.05) is 41.9 Å². The summed E-state index contributed by atoms with van der Waals surface area (Å²) in [7, 11) is 0. The second-order valence-electron chi connectivity index (χ2n) is 3.93. The lowest BCUT2D eigenvalue weighted by Crippen LogP contribution is -2.07. The fourth-order valence-electron chi connectivity index (χ4n) is 1.41. The van der Waals surface area contributed by atoms with Crippen molar-refractivity contribution in [1.29, 1.82) is 0 Å². The Morgan fingerprint density at radius 2 is 2.00 bits per heavy atom. The van der Waals surface area contributed by atoms with Gasteiger partial charge in [0.05, 0.1) is 0 Å². The smallest absolute Gasteiger partial charge is 0.126 e. The van der Waals surface area contributed by atoms with Crippen molar-refractivity contribution in [1.82, 2.24) is 0 Å². The van der Waals surface area contributed by atoms with E-state index in [0.29, 0.717) is 11.8 Å². The first-order chi connectivity index (χ1) is 6.56. The molecule has 0 aromatic heterocycles. The molecule has 2 atom stereocenters. The van der Waals surface area contributed by atoms with Crippen molar-refractivity contribution in [3.05, 3.63) is 35.1 Å². The van der Waals surface area contributed by atoms with Crippen LogP contribution in [0, 0.1) is 18.7 Å². The highest BCUT2D eigenvalue weighted by molar-refractivity contribution is 9.09. The Hall–Kier alpha value is -0.370. The van der Waals surface area contributed by atoms with Crippen molar-refractivity contribution >= 4 is 15.9 Å². The molecule has 2 unspecified atom stereocenters. The molecule has 0 nitrogen and oxygen atoms in total. The van der Waals surface area contributed by atoms with Gasteiger partial charge in [0, 0.05) is 5.33 Å². The maximum Gasteiger partial charge on any atom is 0.126 e. The largest absolute Gasteiger partial charge is 0.207 e. The van der Waals surface area contributed by atoms with Crippen molar-refractivity contribution in [3.8, 4) is 0 Å². The van der Waals surface area contributed by atoms with Crippen LogP contribution >= 0.6 is 15.9 Å². The summed E-state index contributed by atoms with van der Waals surface area (Å²) in [6, 6.07) is 5.38. The minimum absolute atomic E-state index is 0.118. The Kier molecular flexibility index (Phi) is 4.11. The lowest BCUT2D eigenvalue weighted by Gasteiger charge is -2.18. The molecule has 0 saturated heterocycles. The zero-order valence-corrected chi connectivity index (χ0v) is 10.4. The van der Waals surface area contributed by atoms with Gasteiger partial charge in [-0.15, -0.1) is 0 Å². The van der Waals surface area contributed by atoms with E-state index in [1.165, 1.54) is 5.56 Å². The van der Waals surface area contributed by atoms with Crippen molar-refractivity contribution in [2.45, 2.75) is 26.7 Å². The standard InChI is InChI=1S/C12H16BrF/c1-8-6-11(4-5-12(8)14)10(3)9(2)7-13/h4-6,9-10H,7H2,1-3H3. The maximum atomic E-state index is 13.0. The number of hydrogen-bond acceptors (Lipinski definition) is 0. The molecule has 0 aliphatic carbocycles. The molecule has 0 aliphatic rings. The number of aryl methyl sites for hydroxylation is 1. The van der Waals surface area contributed by atoms with Gasteiger partial charge in [0.2, 0.25) is 0 Å². The molecular weight excluding hydrogens is 243 g/mol. The Morgan fingerprint density at radius 1 is 1.36 bits per heavy atom. The number of halogens is 2. The molecule has 0 spiro atoms. The van der Waals surface area contributed by atoms with Crippen LogP contribution in [0.5, 0.6) is 0 Å². The third-order valence-corrected chi connectivity index (χ3v) is 3.83. The lowest BCUT2D eigenvalue weighted by molar-refractivity contribution is 0.544. The highest BCUT2D eigenvalue weighted by Crippen LogP contribution is 2.26. The van der Waals surface area contributed by atoms with Crippen molar-refractivity contribution < 1.29 is 4.39 Å². The highest BCUT2D eigenvalue weighted by Gasteiger charge is 2.13. The van der Waals surface area contributed by atoms with Gasteiger partial charge in [-0.2, -0.15) is 0 Å². The van der Waals surface area contributed by atoms with Crippen LogP contribution < -0.4 is 0 Å². The SMILES string of the molecule is Cc1cc(C(C)C(C)CBr)ccc1F. The van der Waals surface area contributed by atoms with E-state index in [0.717, 1.165) is 10.9 Å². The predicted octanol–water partition coefficient (Wildman–Crippen LogP) is 4.27. The third kappa shape index (κ3) is 2.57. The Bertz CT molecular complexity index is 309. The second-order valence-corrected chi connectivity index (χ2v) is 4.58. The molecular formula is C12H16BrF. The molecule has 0 aliphatic heterocycles. The Labute approximate surface area is 93.7 Å². The van der Waals surface area contributed by atoms with Gasteiger partial charge in [-0.05, 0) is 36.0 Å². The van der Waals surface area contributed by atoms with Crippen LogP contribution in [0.3, 0.4) is 0 Å².